The molecule has 12 heavy (non-hydrogen) atoms. The van der Waals surface area contributed by atoms with Gasteiger partial charge in [-0.1, -0.05) is 13.8 Å². The third kappa shape index (κ3) is 1.87. The Kier molecular flexibility index (Phi) is 3.29. The van der Waals surface area contributed by atoms with Crippen LogP contribution >= 0.6 is 15.9 Å². The Balaban J connectivity index is 2.95. The first-order valence-electron chi connectivity index (χ1n) is 4.08. The highest BCUT2D eigenvalue weighted by Gasteiger charge is 2.10. The van der Waals surface area contributed by atoms with Crippen LogP contribution in [0.5, 0.6) is 0 Å². The van der Waals surface area contributed by atoms with Gasteiger partial charge in [0, 0.05) is 6.54 Å². The second-order valence-corrected chi connectivity index (χ2v) is 3.90. The van der Waals surface area contributed by atoms with Crippen molar-refractivity contribution in [1.82, 2.24) is 9.78 Å². The maximum Gasteiger partial charge on any atom is 0.0635 e. The monoisotopic (exact) mass is 231 g/mol. The Bertz CT molecular complexity index is 255. The van der Waals surface area contributed by atoms with E-state index < -0.39 is 0 Å². The van der Waals surface area contributed by atoms with Crippen molar-refractivity contribution in [2.45, 2.75) is 26.3 Å². The number of nitrogens with two attached hydrogens (primary N) is 1. The summed E-state index contributed by atoms with van der Waals surface area (Å²) in [6.07, 6.45) is 1.82. The summed E-state index contributed by atoms with van der Waals surface area (Å²) in [5, 5.41) is 4.22. The standard InChI is InChI=1S/C8H14BrN3/c1-6(2)8-7(9)5-11-12(8)4-3-10/h5-6H,3-4,10H2,1-2H3. The van der Waals surface area contributed by atoms with Gasteiger partial charge in [-0.2, -0.15) is 5.10 Å². The molecule has 1 rings (SSSR count). The van der Waals surface area contributed by atoms with Crippen LogP contribution in [0.25, 0.3) is 0 Å². The minimum Gasteiger partial charge on any atom is -0.329 e. The number of hydrogen-bond donors (Lipinski definition) is 1. The van der Waals surface area contributed by atoms with Gasteiger partial charge in [-0.25, -0.2) is 0 Å². The van der Waals surface area contributed by atoms with E-state index >= 15 is 0 Å². The van der Waals surface area contributed by atoms with Crippen molar-refractivity contribution < 1.29 is 0 Å². The van der Waals surface area contributed by atoms with Crippen LogP contribution in [0, 0.1) is 0 Å². The van der Waals surface area contributed by atoms with Crippen LogP contribution in [0.2, 0.25) is 0 Å². The molecular formula is C8H14BrN3. The Morgan fingerprint density at radius 1 is 1.67 bits per heavy atom. The number of hydrogen-bond acceptors (Lipinski definition) is 2. The van der Waals surface area contributed by atoms with Gasteiger partial charge in [0.05, 0.1) is 22.9 Å². The number of halogens is 1. The summed E-state index contributed by atoms with van der Waals surface area (Å²) >= 11 is 3.46. The Morgan fingerprint density at radius 3 is 2.83 bits per heavy atom. The number of nitrogens with zero attached hydrogens (tertiary/aromatic N) is 2. The van der Waals surface area contributed by atoms with Gasteiger partial charge in [-0.15, -0.1) is 0 Å². The zero-order valence-electron chi connectivity index (χ0n) is 7.42. The van der Waals surface area contributed by atoms with Crippen molar-refractivity contribution in [3.05, 3.63) is 16.4 Å². The van der Waals surface area contributed by atoms with Gasteiger partial charge in [0.1, 0.15) is 0 Å². The molecule has 0 aliphatic heterocycles. The lowest BCUT2D eigenvalue weighted by Crippen LogP contribution is -2.14. The molecular weight excluding hydrogens is 218 g/mol. The Hall–Kier alpha value is -0.350. The van der Waals surface area contributed by atoms with E-state index in [1.165, 1.54) is 5.69 Å². The highest BCUT2D eigenvalue weighted by molar-refractivity contribution is 9.10. The van der Waals surface area contributed by atoms with Crippen LogP contribution in [0.15, 0.2) is 10.7 Å². The van der Waals surface area contributed by atoms with E-state index in [4.69, 9.17) is 5.73 Å². The van der Waals surface area contributed by atoms with E-state index in [2.05, 4.69) is 34.9 Å². The second kappa shape index (κ2) is 4.05. The fourth-order valence-electron chi connectivity index (χ4n) is 1.25. The lowest BCUT2D eigenvalue weighted by atomic mass is 10.1. The zero-order valence-corrected chi connectivity index (χ0v) is 9.00. The van der Waals surface area contributed by atoms with Gasteiger partial charge in [0.15, 0.2) is 0 Å². The molecule has 0 spiro atoms. The molecule has 2 N–H and O–H groups in total. The third-order valence-corrected chi connectivity index (χ3v) is 2.33. The first kappa shape index (κ1) is 9.74. The van der Waals surface area contributed by atoms with Crippen molar-refractivity contribution >= 4 is 15.9 Å². The van der Waals surface area contributed by atoms with Crippen LogP contribution in [-0.4, -0.2) is 16.3 Å². The minimum absolute atomic E-state index is 0.480. The van der Waals surface area contributed by atoms with Crippen molar-refractivity contribution in [1.29, 1.82) is 0 Å². The molecule has 0 saturated carbocycles. The molecule has 0 amide bonds. The molecule has 68 valence electrons. The van der Waals surface area contributed by atoms with Crippen molar-refractivity contribution in [3.63, 3.8) is 0 Å². The molecule has 1 aromatic rings. The fourth-order valence-corrected chi connectivity index (χ4v) is 2.00. The highest BCUT2D eigenvalue weighted by Crippen LogP contribution is 2.23. The Labute approximate surface area is 81.1 Å². The Morgan fingerprint density at radius 2 is 2.33 bits per heavy atom. The van der Waals surface area contributed by atoms with E-state index in [9.17, 15) is 0 Å². The van der Waals surface area contributed by atoms with E-state index in [0.29, 0.717) is 12.5 Å². The second-order valence-electron chi connectivity index (χ2n) is 3.04. The average Bonchev–Trinajstić information content (AvgIpc) is 2.32. The van der Waals surface area contributed by atoms with E-state index in [0.717, 1.165) is 11.0 Å². The third-order valence-electron chi connectivity index (χ3n) is 1.72. The van der Waals surface area contributed by atoms with Gasteiger partial charge in [0.25, 0.3) is 0 Å². The molecule has 1 heterocycles. The summed E-state index contributed by atoms with van der Waals surface area (Å²) in [6.45, 7) is 5.72. The van der Waals surface area contributed by atoms with E-state index in [1.54, 1.807) is 0 Å². The van der Waals surface area contributed by atoms with Crippen molar-refractivity contribution in [3.8, 4) is 0 Å². The molecule has 0 radical (unpaired) electrons. The molecule has 0 atom stereocenters. The van der Waals surface area contributed by atoms with E-state index in [1.807, 2.05) is 10.9 Å². The summed E-state index contributed by atoms with van der Waals surface area (Å²) in [6, 6.07) is 0. The first-order chi connectivity index (χ1) is 5.66. The normalized spacial score (nSPS) is 11.1. The molecule has 0 aliphatic rings. The SMILES string of the molecule is CC(C)c1c(Br)cnn1CCN. The van der Waals surface area contributed by atoms with Gasteiger partial charge in [-0.05, 0) is 21.8 Å². The van der Waals surface area contributed by atoms with Crippen molar-refractivity contribution in [2.75, 3.05) is 6.54 Å². The van der Waals surface area contributed by atoms with Crippen molar-refractivity contribution in [2.24, 2.45) is 5.73 Å². The molecule has 0 aromatic carbocycles. The quantitative estimate of drug-likeness (QED) is 0.862. The minimum atomic E-state index is 0.480. The summed E-state index contributed by atoms with van der Waals surface area (Å²) < 4.78 is 3.03. The average molecular weight is 232 g/mol. The van der Waals surface area contributed by atoms with Gasteiger partial charge < -0.3 is 5.73 Å². The van der Waals surface area contributed by atoms with Gasteiger partial charge >= 0.3 is 0 Å². The lowest BCUT2D eigenvalue weighted by molar-refractivity contribution is 0.573. The number of rotatable bonds is 3. The highest BCUT2D eigenvalue weighted by atomic mass is 79.9. The predicted octanol–water partition coefficient (Wildman–Crippen LogP) is 1.73. The zero-order chi connectivity index (χ0) is 9.14. The molecule has 0 bridgehead atoms. The maximum atomic E-state index is 5.46. The largest absolute Gasteiger partial charge is 0.329 e. The topological polar surface area (TPSA) is 43.8 Å². The molecule has 0 fully saturated rings. The number of aromatic nitrogens is 2. The first-order valence-corrected chi connectivity index (χ1v) is 4.87. The van der Waals surface area contributed by atoms with Crippen LogP contribution in [0.1, 0.15) is 25.5 Å². The summed E-state index contributed by atoms with van der Waals surface area (Å²) in [4.78, 5) is 0. The fraction of sp³-hybridized carbons (Fsp3) is 0.625. The van der Waals surface area contributed by atoms with Gasteiger partial charge in [0.2, 0.25) is 0 Å². The molecule has 4 heteroatoms. The maximum absolute atomic E-state index is 5.46. The smallest absolute Gasteiger partial charge is 0.0635 e. The van der Waals surface area contributed by atoms with Crippen LogP contribution in [-0.2, 0) is 6.54 Å². The molecule has 0 saturated heterocycles. The van der Waals surface area contributed by atoms with E-state index in [-0.39, 0.29) is 0 Å². The summed E-state index contributed by atoms with van der Waals surface area (Å²) in [7, 11) is 0. The van der Waals surface area contributed by atoms with Crippen LogP contribution in [0.3, 0.4) is 0 Å². The predicted molar refractivity (Wildman–Crippen MR) is 53.1 cm³/mol. The molecule has 0 unspecified atom stereocenters. The summed E-state index contributed by atoms with van der Waals surface area (Å²) in [5.74, 6) is 0.480. The molecule has 0 aliphatic carbocycles. The van der Waals surface area contributed by atoms with Crippen LogP contribution < -0.4 is 5.73 Å². The lowest BCUT2D eigenvalue weighted by Gasteiger charge is -2.09. The molecule has 1 aromatic heterocycles. The van der Waals surface area contributed by atoms with Crippen LogP contribution in [0.4, 0.5) is 0 Å². The summed E-state index contributed by atoms with van der Waals surface area (Å²) in [5.41, 5.74) is 6.69. The van der Waals surface area contributed by atoms with Gasteiger partial charge in [-0.3, -0.25) is 4.68 Å². The molecule has 3 nitrogen and oxygen atoms in total.